The molecule has 1 heterocycles. The quantitative estimate of drug-likeness (QED) is 0.817. The second-order valence-corrected chi connectivity index (χ2v) is 6.92. The van der Waals surface area contributed by atoms with E-state index >= 15 is 0 Å². The first-order chi connectivity index (χ1) is 11.6. The third-order valence-corrected chi connectivity index (χ3v) is 5.10. The van der Waals surface area contributed by atoms with E-state index in [0.717, 1.165) is 35.4 Å². The van der Waals surface area contributed by atoms with Gasteiger partial charge < -0.3 is 15.1 Å². The molecule has 0 unspecified atom stereocenters. The van der Waals surface area contributed by atoms with Gasteiger partial charge >= 0.3 is 0 Å². The molecule has 0 aromatic heterocycles. The maximum Gasteiger partial charge on any atom is 0.242 e. The van der Waals surface area contributed by atoms with Crippen LogP contribution in [0.4, 0.5) is 5.69 Å². The van der Waals surface area contributed by atoms with E-state index in [2.05, 4.69) is 38.3 Å². The smallest absolute Gasteiger partial charge is 0.242 e. The molecule has 2 aromatic rings. The first-order valence-corrected chi connectivity index (χ1v) is 8.95. The molecule has 0 spiro atoms. The van der Waals surface area contributed by atoms with Gasteiger partial charge in [0.15, 0.2) is 0 Å². The molecule has 3 rings (SSSR count). The van der Waals surface area contributed by atoms with Crippen molar-refractivity contribution in [2.45, 2.75) is 13.1 Å². The standard InChI is InChI=1S/C19H22BrN3O.ClH/c1-22(13-16-7-2-4-8-17(16)20)19(24)14-23-11-10-21-12-15-6-3-5-9-18(15)23;/h2-9,21H,10-14H2,1H3;1H. The summed E-state index contributed by atoms with van der Waals surface area (Å²) < 4.78 is 1.04. The van der Waals surface area contributed by atoms with E-state index in [-0.39, 0.29) is 18.3 Å². The van der Waals surface area contributed by atoms with Crippen molar-refractivity contribution in [2.75, 3.05) is 31.6 Å². The van der Waals surface area contributed by atoms with Gasteiger partial charge in [-0.05, 0) is 23.3 Å². The van der Waals surface area contributed by atoms with Crippen LogP contribution in [0.15, 0.2) is 53.0 Å². The fourth-order valence-electron chi connectivity index (χ4n) is 2.94. The lowest BCUT2D eigenvalue weighted by Gasteiger charge is -2.27. The van der Waals surface area contributed by atoms with Crippen molar-refractivity contribution in [2.24, 2.45) is 0 Å². The summed E-state index contributed by atoms with van der Waals surface area (Å²) in [5.41, 5.74) is 3.52. The Morgan fingerprint density at radius 1 is 1.20 bits per heavy atom. The minimum Gasteiger partial charge on any atom is -0.361 e. The molecule has 1 amide bonds. The van der Waals surface area contributed by atoms with Crippen LogP contribution in [0.2, 0.25) is 0 Å². The average Bonchev–Trinajstić information content (AvgIpc) is 2.79. The number of anilines is 1. The average molecular weight is 425 g/mol. The molecule has 134 valence electrons. The first-order valence-electron chi connectivity index (χ1n) is 8.16. The molecule has 1 aliphatic rings. The summed E-state index contributed by atoms with van der Waals surface area (Å²) in [5.74, 6) is 0.127. The van der Waals surface area contributed by atoms with Crippen LogP contribution in [0, 0.1) is 0 Å². The molecule has 0 radical (unpaired) electrons. The minimum atomic E-state index is 0. The number of hydrogen-bond acceptors (Lipinski definition) is 3. The van der Waals surface area contributed by atoms with Crippen molar-refractivity contribution < 1.29 is 4.79 Å². The van der Waals surface area contributed by atoms with Gasteiger partial charge in [0.1, 0.15) is 0 Å². The number of halogens is 2. The summed E-state index contributed by atoms with van der Waals surface area (Å²) in [4.78, 5) is 16.7. The zero-order valence-corrected chi connectivity index (χ0v) is 16.6. The molecule has 4 nitrogen and oxygen atoms in total. The molecule has 0 bridgehead atoms. The van der Waals surface area contributed by atoms with Gasteiger partial charge in [0.05, 0.1) is 6.54 Å². The van der Waals surface area contributed by atoms with Crippen molar-refractivity contribution in [3.05, 3.63) is 64.1 Å². The molecular formula is C19H23BrClN3O. The number of amides is 1. The first kappa shape index (κ1) is 19.8. The summed E-state index contributed by atoms with van der Waals surface area (Å²) in [6.45, 7) is 3.59. The number of rotatable bonds is 4. The molecule has 2 aromatic carbocycles. The van der Waals surface area contributed by atoms with Crippen molar-refractivity contribution in [1.82, 2.24) is 10.2 Å². The zero-order valence-electron chi connectivity index (χ0n) is 14.2. The Morgan fingerprint density at radius 2 is 1.92 bits per heavy atom. The van der Waals surface area contributed by atoms with Gasteiger partial charge in [-0.15, -0.1) is 12.4 Å². The number of hydrogen-bond donors (Lipinski definition) is 1. The summed E-state index contributed by atoms with van der Waals surface area (Å²) in [6.07, 6.45) is 0. The number of nitrogens with one attached hydrogen (secondary N) is 1. The number of benzene rings is 2. The monoisotopic (exact) mass is 423 g/mol. The van der Waals surface area contributed by atoms with E-state index in [1.807, 2.05) is 43.4 Å². The summed E-state index contributed by atoms with van der Waals surface area (Å²) in [6, 6.07) is 16.3. The predicted molar refractivity (Wildman–Crippen MR) is 108 cm³/mol. The highest BCUT2D eigenvalue weighted by Crippen LogP contribution is 2.22. The normalized spacial score (nSPS) is 13.4. The maximum atomic E-state index is 12.7. The minimum absolute atomic E-state index is 0. The third kappa shape index (κ3) is 4.97. The van der Waals surface area contributed by atoms with Crippen LogP contribution in [0.1, 0.15) is 11.1 Å². The molecule has 0 saturated carbocycles. The molecule has 1 aliphatic heterocycles. The maximum absolute atomic E-state index is 12.7. The second kappa shape index (κ2) is 9.22. The molecule has 0 fully saturated rings. The lowest BCUT2D eigenvalue weighted by Crippen LogP contribution is -2.40. The Morgan fingerprint density at radius 3 is 2.72 bits per heavy atom. The Kier molecular flexibility index (Phi) is 7.29. The van der Waals surface area contributed by atoms with Crippen LogP contribution in [-0.2, 0) is 17.9 Å². The highest BCUT2D eigenvalue weighted by Gasteiger charge is 2.19. The highest BCUT2D eigenvalue weighted by molar-refractivity contribution is 9.10. The van der Waals surface area contributed by atoms with E-state index in [9.17, 15) is 4.79 Å². The SMILES string of the molecule is CN(Cc1ccccc1Br)C(=O)CN1CCNCc2ccccc21.Cl. The molecule has 6 heteroatoms. The second-order valence-electron chi connectivity index (χ2n) is 6.07. The molecule has 1 N–H and O–H groups in total. The van der Waals surface area contributed by atoms with E-state index in [0.29, 0.717) is 13.1 Å². The molecule has 0 aliphatic carbocycles. The van der Waals surface area contributed by atoms with Crippen LogP contribution in [0.3, 0.4) is 0 Å². The largest absolute Gasteiger partial charge is 0.361 e. The Labute approximate surface area is 163 Å². The van der Waals surface area contributed by atoms with Gasteiger partial charge in [0.25, 0.3) is 0 Å². The third-order valence-electron chi connectivity index (χ3n) is 4.32. The van der Waals surface area contributed by atoms with Crippen molar-refractivity contribution in [3.8, 4) is 0 Å². The van der Waals surface area contributed by atoms with Gasteiger partial charge in [-0.25, -0.2) is 0 Å². The fourth-order valence-corrected chi connectivity index (χ4v) is 3.36. The predicted octanol–water partition coefficient (Wildman–Crippen LogP) is 3.44. The molecule has 25 heavy (non-hydrogen) atoms. The molecule has 0 saturated heterocycles. The van der Waals surface area contributed by atoms with Gasteiger partial charge in [-0.1, -0.05) is 52.3 Å². The lowest BCUT2D eigenvalue weighted by molar-refractivity contribution is -0.128. The van der Waals surface area contributed by atoms with Crippen LogP contribution in [-0.4, -0.2) is 37.5 Å². The summed E-state index contributed by atoms with van der Waals surface area (Å²) >= 11 is 3.55. The number of carbonyl (C=O) groups excluding carboxylic acids is 1. The number of para-hydroxylation sites is 1. The van der Waals surface area contributed by atoms with Crippen LogP contribution in [0.5, 0.6) is 0 Å². The zero-order chi connectivity index (χ0) is 16.9. The topological polar surface area (TPSA) is 35.6 Å². The van der Waals surface area contributed by atoms with Gasteiger partial charge in [0, 0.05) is 43.4 Å². The van der Waals surface area contributed by atoms with Crippen LogP contribution >= 0.6 is 28.3 Å². The molecular weight excluding hydrogens is 402 g/mol. The van der Waals surface area contributed by atoms with Crippen molar-refractivity contribution in [3.63, 3.8) is 0 Å². The van der Waals surface area contributed by atoms with Gasteiger partial charge in [0.2, 0.25) is 5.91 Å². The number of fused-ring (bicyclic) bond motifs is 1. The lowest BCUT2D eigenvalue weighted by atomic mass is 10.1. The number of nitrogens with zero attached hydrogens (tertiary/aromatic N) is 2. The summed E-state index contributed by atoms with van der Waals surface area (Å²) in [5, 5.41) is 3.41. The van der Waals surface area contributed by atoms with E-state index in [4.69, 9.17) is 0 Å². The number of carbonyl (C=O) groups is 1. The van der Waals surface area contributed by atoms with Crippen LogP contribution in [0.25, 0.3) is 0 Å². The van der Waals surface area contributed by atoms with Crippen molar-refractivity contribution in [1.29, 1.82) is 0 Å². The van der Waals surface area contributed by atoms with Crippen molar-refractivity contribution >= 4 is 39.9 Å². The van der Waals surface area contributed by atoms with E-state index in [1.165, 1.54) is 5.56 Å². The van der Waals surface area contributed by atoms with E-state index in [1.54, 1.807) is 4.90 Å². The summed E-state index contributed by atoms with van der Waals surface area (Å²) in [7, 11) is 1.86. The molecule has 0 atom stereocenters. The van der Waals surface area contributed by atoms with Gasteiger partial charge in [-0.3, -0.25) is 4.79 Å². The van der Waals surface area contributed by atoms with Crippen LogP contribution < -0.4 is 10.2 Å². The Hall–Kier alpha value is -1.56. The Balaban J connectivity index is 0.00000225. The number of likely N-dealkylation sites (N-methyl/N-ethyl adjacent to an activating group) is 1. The Bertz CT molecular complexity index is 725. The fraction of sp³-hybridized carbons (Fsp3) is 0.316. The van der Waals surface area contributed by atoms with E-state index < -0.39 is 0 Å². The highest BCUT2D eigenvalue weighted by atomic mass is 79.9. The van der Waals surface area contributed by atoms with Gasteiger partial charge in [-0.2, -0.15) is 0 Å².